The van der Waals surface area contributed by atoms with Crippen molar-refractivity contribution in [3.05, 3.63) is 47.0 Å². The molecule has 1 aromatic heterocycles. The molecule has 0 unspecified atom stereocenters. The maximum absolute atomic E-state index is 12.4. The number of aryl methyl sites for hydroxylation is 2. The molecule has 1 aromatic carbocycles. The van der Waals surface area contributed by atoms with Gasteiger partial charge in [-0.15, -0.1) is 0 Å². The van der Waals surface area contributed by atoms with Crippen molar-refractivity contribution in [1.29, 1.82) is 0 Å². The van der Waals surface area contributed by atoms with Crippen molar-refractivity contribution in [3.8, 4) is 11.5 Å². The molecule has 2 aromatic rings. The first-order chi connectivity index (χ1) is 12.2. The maximum Gasteiger partial charge on any atom is 0.251 e. The van der Waals surface area contributed by atoms with Crippen molar-refractivity contribution in [2.45, 2.75) is 25.8 Å². The van der Waals surface area contributed by atoms with Gasteiger partial charge in [0.2, 0.25) is 0 Å². The van der Waals surface area contributed by atoms with Crippen LogP contribution in [0.4, 0.5) is 0 Å². The number of carbonyl (C=O) groups is 1. The van der Waals surface area contributed by atoms with Gasteiger partial charge < -0.3 is 20.5 Å². The summed E-state index contributed by atoms with van der Waals surface area (Å²) in [4.78, 5) is 21.2. The summed E-state index contributed by atoms with van der Waals surface area (Å²) < 4.78 is 10.8. The van der Waals surface area contributed by atoms with Crippen molar-refractivity contribution in [2.75, 3.05) is 20.3 Å². The van der Waals surface area contributed by atoms with E-state index in [-0.39, 0.29) is 12.5 Å². The lowest BCUT2D eigenvalue weighted by Gasteiger charge is -2.12. The van der Waals surface area contributed by atoms with Crippen molar-refractivity contribution in [3.63, 3.8) is 0 Å². The van der Waals surface area contributed by atoms with Crippen LogP contribution in [-0.4, -0.2) is 36.1 Å². The second kappa shape index (κ2) is 7.94. The molecule has 1 aliphatic rings. The standard InChI is InChI=1S/C18H22N4O3/c1-24-15-6-5-12(9-16(15)25-8-7-19)18(23)21-11-17-20-10-13-3-2-4-14(13)22-17/h5-6,9-10H,2-4,7-8,11,19H2,1H3,(H,21,23). The number of ether oxygens (including phenoxy) is 2. The van der Waals surface area contributed by atoms with Crippen molar-refractivity contribution < 1.29 is 14.3 Å². The Kier molecular flexibility index (Phi) is 5.45. The van der Waals surface area contributed by atoms with Crippen LogP contribution in [0.2, 0.25) is 0 Å². The Labute approximate surface area is 146 Å². The smallest absolute Gasteiger partial charge is 0.251 e. The Morgan fingerprint density at radius 3 is 3.00 bits per heavy atom. The van der Waals surface area contributed by atoms with Gasteiger partial charge in [-0.05, 0) is 43.0 Å². The normalized spacial score (nSPS) is 12.6. The van der Waals surface area contributed by atoms with Crippen molar-refractivity contribution in [2.24, 2.45) is 5.73 Å². The number of nitrogens with one attached hydrogen (secondary N) is 1. The predicted molar refractivity (Wildman–Crippen MR) is 92.8 cm³/mol. The summed E-state index contributed by atoms with van der Waals surface area (Å²) in [5.74, 6) is 1.47. The van der Waals surface area contributed by atoms with Crippen molar-refractivity contribution >= 4 is 5.91 Å². The fourth-order valence-electron chi connectivity index (χ4n) is 2.80. The van der Waals surface area contributed by atoms with E-state index in [1.54, 1.807) is 25.3 Å². The van der Waals surface area contributed by atoms with Crippen molar-refractivity contribution in [1.82, 2.24) is 15.3 Å². The molecule has 0 aliphatic heterocycles. The summed E-state index contributed by atoms with van der Waals surface area (Å²) in [6.07, 6.45) is 5.01. The van der Waals surface area contributed by atoms with Gasteiger partial charge in [0.05, 0.1) is 13.7 Å². The Morgan fingerprint density at radius 1 is 1.32 bits per heavy atom. The molecule has 0 saturated carbocycles. The summed E-state index contributed by atoms with van der Waals surface area (Å²) >= 11 is 0. The number of hydrogen-bond acceptors (Lipinski definition) is 6. The number of hydrogen-bond donors (Lipinski definition) is 2. The average molecular weight is 342 g/mol. The zero-order chi connectivity index (χ0) is 17.6. The monoisotopic (exact) mass is 342 g/mol. The van der Waals surface area contributed by atoms with Gasteiger partial charge in [-0.2, -0.15) is 0 Å². The number of nitrogens with zero attached hydrogens (tertiary/aromatic N) is 2. The van der Waals surface area contributed by atoms with Crippen LogP contribution in [0.25, 0.3) is 0 Å². The van der Waals surface area contributed by atoms with Crippen LogP contribution in [0.3, 0.4) is 0 Å². The molecule has 3 rings (SSSR count). The van der Waals surface area contributed by atoms with Crippen LogP contribution >= 0.6 is 0 Å². The highest BCUT2D eigenvalue weighted by Gasteiger charge is 2.15. The summed E-state index contributed by atoms with van der Waals surface area (Å²) in [6, 6.07) is 5.03. The number of benzene rings is 1. The first-order valence-electron chi connectivity index (χ1n) is 8.34. The van der Waals surface area contributed by atoms with E-state index in [0.29, 0.717) is 36.0 Å². The lowest BCUT2D eigenvalue weighted by Crippen LogP contribution is -2.24. The van der Waals surface area contributed by atoms with E-state index in [9.17, 15) is 4.79 Å². The minimum Gasteiger partial charge on any atom is -0.493 e. The molecule has 0 fully saturated rings. The zero-order valence-electron chi connectivity index (χ0n) is 14.2. The van der Waals surface area contributed by atoms with Gasteiger partial charge in [0.15, 0.2) is 11.5 Å². The van der Waals surface area contributed by atoms with E-state index < -0.39 is 0 Å². The van der Waals surface area contributed by atoms with Crippen LogP contribution in [0.1, 0.15) is 33.9 Å². The Hall–Kier alpha value is -2.67. The summed E-state index contributed by atoms with van der Waals surface area (Å²) in [6.45, 7) is 1.02. The lowest BCUT2D eigenvalue weighted by molar-refractivity contribution is 0.0949. The number of methoxy groups -OCH3 is 1. The summed E-state index contributed by atoms with van der Waals surface area (Å²) in [7, 11) is 1.55. The molecule has 0 saturated heterocycles. The third-order valence-corrected chi connectivity index (χ3v) is 4.07. The Balaban J connectivity index is 1.66. The average Bonchev–Trinajstić information content (AvgIpc) is 3.11. The quantitative estimate of drug-likeness (QED) is 0.785. The molecule has 0 radical (unpaired) electrons. The largest absolute Gasteiger partial charge is 0.493 e. The first-order valence-corrected chi connectivity index (χ1v) is 8.34. The van der Waals surface area contributed by atoms with Gasteiger partial charge >= 0.3 is 0 Å². The Bertz CT molecular complexity index is 764. The molecule has 1 heterocycles. The fourth-order valence-corrected chi connectivity index (χ4v) is 2.80. The van der Waals surface area contributed by atoms with Gasteiger partial charge in [-0.25, -0.2) is 9.97 Å². The van der Waals surface area contributed by atoms with E-state index in [1.807, 2.05) is 6.20 Å². The highest BCUT2D eigenvalue weighted by Crippen LogP contribution is 2.28. The molecule has 7 nitrogen and oxygen atoms in total. The van der Waals surface area contributed by atoms with E-state index >= 15 is 0 Å². The maximum atomic E-state index is 12.4. The molecular formula is C18H22N4O3. The van der Waals surface area contributed by atoms with E-state index in [0.717, 1.165) is 25.0 Å². The highest BCUT2D eigenvalue weighted by molar-refractivity contribution is 5.94. The number of amides is 1. The minimum absolute atomic E-state index is 0.218. The third kappa shape index (κ3) is 4.06. The summed E-state index contributed by atoms with van der Waals surface area (Å²) in [5.41, 5.74) is 8.25. The molecule has 3 N–H and O–H groups in total. The van der Waals surface area contributed by atoms with Gasteiger partial charge in [-0.3, -0.25) is 4.79 Å². The predicted octanol–water partition coefficient (Wildman–Crippen LogP) is 1.24. The second-order valence-corrected chi connectivity index (χ2v) is 5.80. The fraction of sp³-hybridized carbons (Fsp3) is 0.389. The number of rotatable bonds is 7. The van der Waals surface area contributed by atoms with Crippen LogP contribution in [0.15, 0.2) is 24.4 Å². The second-order valence-electron chi connectivity index (χ2n) is 5.80. The van der Waals surface area contributed by atoms with Crippen LogP contribution in [-0.2, 0) is 19.4 Å². The minimum atomic E-state index is -0.218. The molecule has 1 amide bonds. The van der Waals surface area contributed by atoms with Gasteiger partial charge in [-0.1, -0.05) is 0 Å². The molecular weight excluding hydrogens is 320 g/mol. The molecule has 7 heteroatoms. The van der Waals surface area contributed by atoms with E-state index in [4.69, 9.17) is 15.2 Å². The highest BCUT2D eigenvalue weighted by atomic mass is 16.5. The molecule has 0 spiro atoms. The number of fused-ring (bicyclic) bond motifs is 1. The van der Waals surface area contributed by atoms with Crippen LogP contribution in [0.5, 0.6) is 11.5 Å². The van der Waals surface area contributed by atoms with Crippen LogP contribution < -0.4 is 20.5 Å². The number of carbonyl (C=O) groups excluding carboxylic acids is 1. The third-order valence-electron chi connectivity index (χ3n) is 4.07. The topological polar surface area (TPSA) is 99.4 Å². The molecule has 0 bridgehead atoms. The summed E-state index contributed by atoms with van der Waals surface area (Å²) in [5, 5.41) is 2.84. The number of nitrogens with two attached hydrogens (primary N) is 1. The van der Waals surface area contributed by atoms with Gasteiger partial charge in [0.25, 0.3) is 5.91 Å². The van der Waals surface area contributed by atoms with Crippen LogP contribution in [0, 0.1) is 0 Å². The molecule has 1 aliphatic carbocycles. The SMILES string of the molecule is COc1ccc(C(=O)NCc2ncc3c(n2)CCC3)cc1OCCN. The molecule has 132 valence electrons. The first kappa shape index (κ1) is 17.2. The number of aromatic nitrogens is 2. The van der Waals surface area contributed by atoms with E-state index in [2.05, 4.69) is 15.3 Å². The zero-order valence-corrected chi connectivity index (χ0v) is 14.2. The molecule has 25 heavy (non-hydrogen) atoms. The Morgan fingerprint density at radius 2 is 2.20 bits per heavy atom. The lowest BCUT2D eigenvalue weighted by atomic mass is 10.2. The molecule has 0 atom stereocenters. The van der Waals surface area contributed by atoms with Gasteiger partial charge in [0, 0.05) is 24.0 Å². The van der Waals surface area contributed by atoms with Gasteiger partial charge in [0.1, 0.15) is 12.4 Å². The van der Waals surface area contributed by atoms with E-state index in [1.165, 1.54) is 5.56 Å².